The van der Waals surface area contributed by atoms with Crippen molar-refractivity contribution < 1.29 is 26.4 Å². The Morgan fingerprint density at radius 1 is 1.21 bits per heavy atom. The number of sulfonamides is 1. The van der Waals surface area contributed by atoms with Crippen LogP contribution in [0.3, 0.4) is 0 Å². The molecule has 0 radical (unpaired) electrons. The predicted octanol–water partition coefficient (Wildman–Crippen LogP) is 4.03. The standard InChI is InChI=1S/C17H12ClF2N3O4S/c1-9(24)22-13-8-11(19)16(15(20)14(13)18)28(25,26)23-12-5-3-2-4-10(12)17-21-6-7-27-17/h2-8,23H,1H3,(H,22,24). The van der Waals surface area contributed by atoms with E-state index >= 15 is 0 Å². The highest BCUT2D eigenvalue weighted by atomic mass is 35.5. The van der Waals surface area contributed by atoms with Crippen LogP contribution in [0.25, 0.3) is 11.5 Å². The number of halogens is 3. The van der Waals surface area contributed by atoms with Gasteiger partial charge in [-0.2, -0.15) is 0 Å². The van der Waals surface area contributed by atoms with Crippen LogP contribution in [0.4, 0.5) is 20.2 Å². The van der Waals surface area contributed by atoms with Crippen LogP contribution in [-0.4, -0.2) is 19.3 Å². The number of nitrogens with zero attached hydrogens (tertiary/aromatic N) is 1. The summed E-state index contributed by atoms with van der Waals surface area (Å²) in [5.74, 6) is -3.48. The molecular formula is C17H12ClF2N3O4S. The van der Waals surface area contributed by atoms with Gasteiger partial charge in [-0.25, -0.2) is 22.2 Å². The maximum absolute atomic E-state index is 14.6. The minimum atomic E-state index is -4.72. The van der Waals surface area contributed by atoms with Crippen molar-refractivity contribution in [2.24, 2.45) is 0 Å². The van der Waals surface area contributed by atoms with Gasteiger partial charge in [-0.15, -0.1) is 0 Å². The first-order valence-electron chi connectivity index (χ1n) is 7.67. The highest BCUT2D eigenvalue weighted by molar-refractivity contribution is 7.92. The Bertz CT molecular complexity index is 1150. The van der Waals surface area contributed by atoms with Crippen molar-refractivity contribution in [2.75, 3.05) is 10.0 Å². The van der Waals surface area contributed by atoms with Gasteiger partial charge >= 0.3 is 0 Å². The molecule has 2 aromatic carbocycles. The summed E-state index contributed by atoms with van der Waals surface area (Å²) in [6, 6.07) is 6.65. The van der Waals surface area contributed by atoms with E-state index in [1.807, 2.05) is 0 Å². The zero-order valence-electron chi connectivity index (χ0n) is 14.2. The second kappa shape index (κ2) is 7.56. The van der Waals surface area contributed by atoms with Crippen molar-refractivity contribution in [3.8, 4) is 11.5 Å². The average Bonchev–Trinajstić information content (AvgIpc) is 3.13. The fourth-order valence-corrected chi connectivity index (χ4v) is 3.89. The third-order valence-electron chi connectivity index (χ3n) is 3.53. The van der Waals surface area contributed by atoms with Crippen molar-refractivity contribution in [3.05, 3.63) is 59.4 Å². The Balaban J connectivity index is 2.06. The molecule has 0 aliphatic heterocycles. The number of hydrogen-bond donors (Lipinski definition) is 2. The van der Waals surface area contributed by atoms with Gasteiger partial charge in [0.1, 0.15) is 17.1 Å². The molecule has 2 N–H and O–H groups in total. The first-order chi connectivity index (χ1) is 13.2. The molecule has 7 nitrogen and oxygen atoms in total. The lowest BCUT2D eigenvalue weighted by Crippen LogP contribution is -2.18. The molecule has 0 saturated carbocycles. The number of oxazole rings is 1. The Morgan fingerprint density at radius 2 is 1.93 bits per heavy atom. The minimum Gasteiger partial charge on any atom is -0.444 e. The molecule has 1 amide bonds. The molecule has 0 bridgehead atoms. The molecule has 0 atom stereocenters. The van der Waals surface area contributed by atoms with Gasteiger partial charge in [-0.3, -0.25) is 9.52 Å². The number of amides is 1. The summed E-state index contributed by atoms with van der Waals surface area (Å²) in [6.07, 6.45) is 2.65. The lowest BCUT2D eigenvalue weighted by molar-refractivity contribution is -0.114. The summed E-state index contributed by atoms with van der Waals surface area (Å²) in [4.78, 5) is 13.7. The summed E-state index contributed by atoms with van der Waals surface area (Å²) in [5.41, 5.74) is -0.132. The maximum atomic E-state index is 14.6. The molecule has 0 spiro atoms. The smallest absolute Gasteiger partial charge is 0.267 e. The van der Waals surface area contributed by atoms with Gasteiger partial charge in [0.05, 0.1) is 23.1 Å². The zero-order valence-corrected chi connectivity index (χ0v) is 15.7. The molecule has 3 rings (SSSR count). The molecule has 0 aliphatic carbocycles. The molecule has 0 aliphatic rings. The molecule has 11 heteroatoms. The fraction of sp³-hybridized carbons (Fsp3) is 0.0588. The number of anilines is 2. The molecular weight excluding hydrogens is 416 g/mol. The number of hydrogen-bond acceptors (Lipinski definition) is 5. The molecule has 0 saturated heterocycles. The largest absolute Gasteiger partial charge is 0.444 e. The Kier molecular flexibility index (Phi) is 5.34. The van der Waals surface area contributed by atoms with E-state index in [9.17, 15) is 22.0 Å². The highest BCUT2D eigenvalue weighted by Gasteiger charge is 2.29. The molecule has 146 valence electrons. The van der Waals surface area contributed by atoms with Gasteiger partial charge in [-0.1, -0.05) is 23.7 Å². The first kappa shape index (κ1) is 19.8. The van der Waals surface area contributed by atoms with Crippen LogP contribution in [0.15, 0.2) is 52.1 Å². The lowest BCUT2D eigenvalue weighted by Gasteiger charge is -2.14. The Labute approximate surface area is 163 Å². The van der Waals surface area contributed by atoms with Gasteiger partial charge in [-0.05, 0) is 12.1 Å². The zero-order chi connectivity index (χ0) is 20.5. The molecule has 0 unspecified atom stereocenters. The quantitative estimate of drug-likeness (QED) is 0.598. The average molecular weight is 428 g/mol. The van der Waals surface area contributed by atoms with E-state index in [0.717, 1.165) is 6.92 Å². The SMILES string of the molecule is CC(=O)Nc1cc(F)c(S(=O)(=O)Nc2ccccc2-c2ncco2)c(F)c1Cl. The van der Waals surface area contributed by atoms with Crippen molar-refractivity contribution in [2.45, 2.75) is 11.8 Å². The number of benzene rings is 2. The monoisotopic (exact) mass is 427 g/mol. The van der Waals surface area contributed by atoms with Gasteiger partial charge in [0.2, 0.25) is 11.8 Å². The maximum Gasteiger partial charge on any atom is 0.267 e. The van der Waals surface area contributed by atoms with Crippen LogP contribution < -0.4 is 10.0 Å². The number of carbonyl (C=O) groups excluding carboxylic acids is 1. The molecule has 3 aromatic rings. The van der Waals surface area contributed by atoms with Crippen LogP contribution in [0, 0.1) is 11.6 Å². The van der Waals surface area contributed by atoms with Crippen LogP contribution in [-0.2, 0) is 14.8 Å². The summed E-state index contributed by atoms with van der Waals surface area (Å²) >= 11 is 5.76. The van der Waals surface area contributed by atoms with E-state index in [-0.39, 0.29) is 22.8 Å². The van der Waals surface area contributed by atoms with Crippen LogP contribution >= 0.6 is 11.6 Å². The number of para-hydroxylation sites is 1. The van der Waals surface area contributed by atoms with Crippen molar-refractivity contribution in [1.29, 1.82) is 0 Å². The minimum absolute atomic E-state index is 0.00851. The third kappa shape index (κ3) is 3.82. The second-order valence-corrected chi connectivity index (χ2v) is 7.53. The van der Waals surface area contributed by atoms with Crippen LogP contribution in [0.5, 0.6) is 0 Å². The van der Waals surface area contributed by atoms with Gasteiger partial charge in [0, 0.05) is 13.0 Å². The van der Waals surface area contributed by atoms with E-state index in [2.05, 4.69) is 15.0 Å². The van der Waals surface area contributed by atoms with Crippen molar-refractivity contribution >= 4 is 38.9 Å². The molecule has 0 fully saturated rings. The summed E-state index contributed by atoms with van der Waals surface area (Å²) in [5, 5.41) is 1.39. The van der Waals surface area contributed by atoms with Crippen molar-refractivity contribution in [1.82, 2.24) is 4.98 Å². The van der Waals surface area contributed by atoms with E-state index < -0.39 is 37.5 Å². The molecule has 1 aromatic heterocycles. The van der Waals surface area contributed by atoms with E-state index in [1.165, 1.54) is 30.7 Å². The molecule has 1 heterocycles. The second-order valence-electron chi connectivity index (χ2n) is 5.53. The number of carbonyl (C=O) groups is 1. The molecule has 28 heavy (non-hydrogen) atoms. The van der Waals surface area contributed by atoms with Gasteiger partial charge < -0.3 is 9.73 Å². The normalized spacial score (nSPS) is 11.3. The summed E-state index contributed by atoms with van der Waals surface area (Å²) < 4.78 is 61.6. The Hall–Kier alpha value is -2.98. The Morgan fingerprint density at radius 3 is 2.57 bits per heavy atom. The van der Waals surface area contributed by atoms with E-state index in [0.29, 0.717) is 6.07 Å². The topological polar surface area (TPSA) is 101 Å². The van der Waals surface area contributed by atoms with Crippen LogP contribution in [0.2, 0.25) is 5.02 Å². The van der Waals surface area contributed by atoms with Crippen LogP contribution in [0.1, 0.15) is 6.92 Å². The fourth-order valence-electron chi connectivity index (χ4n) is 2.42. The number of rotatable bonds is 5. The predicted molar refractivity (Wildman–Crippen MR) is 98.4 cm³/mol. The lowest BCUT2D eigenvalue weighted by atomic mass is 10.2. The highest BCUT2D eigenvalue weighted by Crippen LogP contribution is 2.34. The summed E-state index contributed by atoms with van der Waals surface area (Å²) in [7, 11) is -4.72. The first-order valence-corrected chi connectivity index (χ1v) is 9.53. The number of aromatic nitrogens is 1. The van der Waals surface area contributed by atoms with Crippen molar-refractivity contribution in [3.63, 3.8) is 0 Å². The number of nitrogens with one attached hydrogen (secondary N) is 2. The third-order valence-corrected chi connectivity index (χ3v) is 5.30. The summed E-state index contributed by atoms with van der Waals surface area (Å²) in [6.45, 7) is 1.11. The van der Waals surface area contributed by atoms with Gasteiger partial charge in [0.15, 0.2) is 10.7 Å². The van der Waals surface area contributed by atoms with E-state index in [4.69, 9.17) is 16.0 Å². The van der Waals surface area contributed by atoms with Gasteiger partial charge in [0.25, 0.3) is 10.0 Å². The van der Waals surface area contributed by atoms with E-state index in [1.54, 1.807) is 6.07 Å².